The zero-order valence-corrected chi connectivity index (χ0v) is 16.9. The van der Waals surface area contributed by atoms with Gasteiger partial charge in [0.05, 0.1) is 37.4 Å². The summed E-state index contributed by atoms with van der Waals surface area (Å²) in [7, 11) is 1.56. The summed E-state index contributed by atoms with van der Waals surface area (Å²) in [6.07, 6.45) is 0.176. The van der Waals surface area contributed by atoms with Gasteiger partial charge in [-0.1, -0.05) is 24.3 Å². The van der Waals surface area contributed by atoms with Crippen molar-refractivity contribution in [3.8, 4) is 5.75 Å². The number of morpholine rings is 1. The highest BCUT2D eigenvalue weighted by Gasteiger charge is 2.19. The van der Waals surface area contributed by atoms with Gasteiger partial charge in [0.25, 0.3) is 0 Å². The highest BCUT2D eigenvalue weighted by molar-refractivity contribution is 5.97. The number of ether oxygens (including phenoxy) is 2. The molecule has 7 nitrogen and oxygen atoms in total. The Kier molecular flexibility index (Phi) is 7.08. The Labute approximate surface area is 171 Å². The number of carbonyl (C=O) groups is 2. The molecule has 3 rings (SSSR count). The number of hydrogen-bond donors (Lipinski definition) is 1. The lowest BCUT2D eigenvalue weighted by Crippen LogP contribution is -2.37. The minimum Gasteiger partial charge on any atom is -0.495 e. The summed E-state index contributed by atoms with van der Waals surface area (Å²) >= 11 is 0. The van der Waals surface area contributed by atoms with E-state index in [4.69, 9.17) is 9.47 Å². The number of rotatable bonds is 7. The molecule has 0 aliphatic carbocycles. The van der Waals surface area contributed by atoms with Crippen LogP contribution in [0.5, 0.6) is 5.75 Å². The van der Waals surface area contributed by atoms with Crippen molar-refractivity contribution in [2.75, 3.05) is 55.1 Å². The van der Waals surface area contributed by atoms with E-state index in [-0.39, 0.29) is 24.8 Å². The highest BCUT2D eigenvalue weighted by atomic mass is 16.5. The third-order valence-corrected chi connectivity index (χ3v) is 4.85. The summed E-state index contributed by atoms with van der Waals surface area (Å²) < 4.78 is 10.8. The summed E-state index contributed by atoms with van der Waals surface area (Å²) in [5.74, 6) is 0.309. The molecule has 0 aromatic heterocycles. The molecule has 2 aromatic rings. The van der Waals surface area contributed by atoms with Crippen molar-refractivity contribution < 1.29 is 19.1 Å². The molecule has 0 radical (unpaired) electrons. The van der Waals surface area contributed by atoms with Crippen molar-refractivity contribution in [3.63, 3.8) is 0 Å². The quantitative estimate of drug-likeness (QED) is 0.778. The number of nitrogens with one attached hydrogen (secondary N) is 1. The Balaban J connectivity index is 1.67. The third kappa shape index (κ3) is 5.26. The van der Waals surface area contributed by atoms with Crippen LogP contribution in [0.25, 0.3) is 0 Å². The number of hydrogen-bond acceptors (Lipinski definition) is 5. The lowest BCUT2D eigenvalue weighted by Gasteiger charge is -2.30. The van der Waals surface area contributed by atoms with Crippen LogP contribution in [0.1, 0.15) is 13.3 Å². The first kappa shape index (κ1) is 20.7. The first-order chi connectivity index (χ1) is 14.1. The Bertz CT molecular complexity index is 849. The van der Waals surface area contributed by atoms with Crippen LogP contribution in [0.2, 0.25) is 0 Å². The van der Waals surface area contributed by atoms with Gasteiger partial charge in [0.2, 0.25) is 11.8 Å². The van der Waals surface area contributed by atoms with Crippen molar-refractivity contribution in [1.82, 2.24) is 0 Å². The fourth-order valence-corrected chi connectivity index (χ4v) is 3.39. The monoisotopic (exact) mass is 397 g/mol. The molecule has 0 unspecified atom stereocenters. The van der Waals surface area contributed by atoms with E-state index in [2.05, 4.69) is 10.2 Å². The Morgan fingerprint density at radius 3 is 2.52 bits per heavy atom. The van der Waals surface area contributed by atoms with Gasteiger partial charge >= 0.3 is 0 Å². The average molecular weight is 397 g/mol. The van der Waals surface area contributed by atoms with Crippen molar-refractivity contribution in [3.05, 3.63) is 48.5 Å². The summed E-state index contributed by atoms with van der Waals surface area (Å²) in [6, 6.07) is 15.0. The van der Waals surface area contributed by atoms with Crippen LogP contribution in [-0.2, 0) is 14.3 Å². The summed E-state index contributed by atoms with van der Waals surface area (Å²) in [5.41, 5.74) is 2.41. The van der Waals surface area contributed by atoms with Gasteiger partial charge in [0.15, 0.2) is 0 Å². The molecule has 0 saturated carbocycles. The van der Waals surface area contributed by atoms with Crippen molar-refractivity contribution >= 4 is 28.9 Å². The van der Waals surface area contributed by atoms with Gasteiger partial charge in [-0.05, 0) is 24.3 Å². The summed E-state index contributed by atoms with van der Waals surface area (Å²) in [4.78, 5) is 28.6. The Hall–Kier alpha value is -3.06. The number of benzene rings is 2. The molecular weight excluding hydrogens is 370 g/mol. The van der Waals surface area contributed by atoms with E-state index in [0.29, 0.717) is 24.7 Å². The molecule has 2 aromatic carbocycles. The molecule has 2 amide bonds. The molecule has 0 spiro atoms. The molecule has 29 heavy (non-hydrogen) atoms. The molecular formula is C22H27N3O4. The first-order valence-electron chi connectivity index (χ1n) is 9.73. The second kappa shape index (κ2) is 9.93. The lowest BCUT2D eigenvalue weighted by atomic mass is 10.2. The van der Waals surface area contributed by atoms with Crippen LogP contribution in [0, 0.1) is 0 Å². The predicted octanol–water partition coefficient (Wildman–Crippen LogP) is 2.91. The molecule has 1 N–H and O–H groups in total. The number of para-hydroxylation sites is 4. The SMILES string of the molecule is COc1ccccc1N(CCC(=O)Nc1ccccc1N1CCOCC1)C(C)=O. The first-order valence-corrected chi connectivity index (χ1v) is 9.73. The van der Waals surface area contributed by atoms with Crippen LogP contribution in [0.15, 0.2) is 48.5 Å². The van der Waals surface area contributed by atoms with Crippen molar-refractivity contribution in [2.45, 2.75) is 13.3 Å². The Morgan fingerprint density at radius 1 is 1.10 bits per heavy atom. The number of amides is 2. The van der Waals surface area contributed by atoms with E-state index in [1.807, 2.05) is 42.5 Å². The molecule has 1 fully saturated rings. The van der Waals surface area contributed by atoms with Gasteiger partial charge < -0.3 is 24.6 Å². The fraction of sp³-hybridized carbons (Fsp3) is 0.364. The van der Waals surface area contributed by atoms with Gasteiger partial charge in [-0.25, -0.2) is 0 Å². The second-order valence-corrected chi connectivity index (χ2v) is 6.76. The van der Waals surface area contributed by atoms with Crippen LogP contribution in [-0.4, -0.2) is 51.8 Å². The van der Waals surface area contributed by atoms with E-state index in [9.17, 15) is 9.59 Å². The van der Waals surface area contributed by atoms with E-state index in [1.165, 1.54) is 6.92 Å². The Morgan fingerprint density at radius 2 is 1.79 bits per heavy atom. The van der Waals surface area contributed by atoms with Crippen LogP contribution in [0.4, 0.5) is 17.1 Å². The maximum Gasteiger partial charge on any atom is 0.226 e. The maximum absolute atomic E-state index is 12.6. The second-order valence-electron chi connectivity index (χ2n) is 6.76. The van der Waals surface area contributed by atoms with Gasteiger partial charge in [-0.3, -0.25) is 9.59 Å². The molecule has 1 aliphatic heterocycles. The van der Waals surface area contributed by atoms with Gasteiger partial charge in [-0.15, -0.1) is 0 Å². The molecule has 0 bridgehead atoms. The zero-order valence-electron chi connectivity index (χ0n) is 16.9. The average Bonchev–Trinajstić information content (AvgIpc) is 2.75. The van der Waals surface area contributed by atoms with E-state index >= 15 is 0 Å². The van der Waals surface area contributed by atoms with Crippen LogP contribution < -0.4 is 19.9 Å². The third-order valence-electron chi connectivity index (χ3n) is 4.85. The van der Waals surface area contributed by atoms with Gasteiger partial charge in [0.1, 0.15) is 5.75 Å². The highest BCUT2D eigenvalue weighted by Crippen LogP contribution is 2.29. The minimum atomic E-state index is -0.146. The van der Waals surface area contributed by atoms with Gasteiger partial charge in [-0.2, -0.15) is 0 Å². The van der Waals surface area contributed by atoms with Crippen LogP contribution >= 0.6 is 0 Å². The normalized spacial score (nSPS) is 13.7. The van der Waals surface area contributed by atoms with Crippen molar-refractivity contribution in [2.24, 2.45) is 0 Å². The molecule has 1 saturated heterocycles. The molecule has 1 heterocycles. The predicted molar refractivity (Wildman–Crippen MR) is 114 cm³/mol. The number of methoxy groups -OCH3 is 1. The lowest BCUT2D eigenvalue weighted by molar-refractivity contribution is -0.117. The fourth-order valence-electron chi connectivity index (χ4n) is 3.39. The molecule has 154 valence electrons. The topological polar surface area (TPSA) is 71.1 Å². The van der Waals surface area contributed by atoms with Gasteiger partial charge in [0, 0.05) is 33.0 Å². The number of carbonyl (C=O) groups excluding carboxylic acids is 2. The molecule has 7 heteroatoms. The van der Waals surface area contributed by atoms with E-state index in [0.717, 1.165) is 24.5 Å². The summed E-state index contributed by atoms with van der Waals surface area (Å²) in [6.45, 7) is 4.68. The molecule has 0 atom stereocenters. The van der Waals surface area contributed by atoms with Crippen LogP contribution in [0.3, 0.4) is 0 Å². The smallest absolute Gasteiger partial charge is 0.226 e. The number of anilines is 3. The summed E-state index contributed by atoms with van der Waals surface area (Å²) in [5, 5.41) is 2.99. The molecule has 1 aliphatic rings. The van der Waals surface area contributed by atoms with E-state index in [1.54, 1.807) is 18.1 Å². The maximum atomic E-state index is 12.6. The van der Waals surface area contributed by atoms with Crippen molar-refractivity contribution in [1.29, 1.82) is 0 Å². The standard InChI is InChI=1S/C22H27N3O4/c1-17(26)25(20-9-5-6-10-21(20)28-2)12-11-22(27)23-18-7-3-4-8-19(18)24-13-15-29-16-14-24/h3-10H,11-16H2,1-2H3,(H,23,27). The van der Waals surface area contributed by atoms with E-state index < -0.39 is 0 Å². The number of nitrogens with zero attached hydrogens (tertiary/aromatic N) is 2. The minimum absolute atomic E-state index is 0.143. The largest absolute Gasteiger partial charge is 0.495 e. The zero-order chi connectivity index (χ0) is 20.6.